The van der Waals surface area contributed by atoms with Gasteiger partial charge in [0.1, 0.15) is 0 Å². The number of carbonyl (C=O) groups excluding carboxylic acids is 1. The number of hydrogen-bond acceptors (Lipinski definition) is 4. The van der Waals surface area contributed by atoms with Crippen LogP contribution in [-0.2, 0) is 9.53 Å². The van der Waals surface area contributed by atoms with Crippen LogP contribution in [0.15, 0.2) is 0 Å². The second-order valence-corrected chi connectivity index (χ2v) is 6.33. The van der Waals surface area contributed by atoms with E-state index in [4.69, 9.17) is 4.74 Å². The number of nitrogens with zero attached hydrogens (tertiary/aromatic N) is 1. The summed E-state index contributed by atoms with van der Waals surface area (Å²) in [7, 11) is 0. The number of ether oxygens (including phenoxy) is 1. The first kappa shape index (κ1) is 21.9. The summed E-state index contributed by atoms with van der Waals surface area (Å²) in [6.07, 6.45) is 3.01. The lowest BCUT2D eigenvalue weighted by molar-refractivity contribution is -0.122. The van der Waals surface area contributed by atoms with Crippen LogP contribution in [0.3, 0.4) is 0 Å². The first-order valence-corrected chi connectivity index (χ1v) is 7.97. The lowest BCUT2D eigenvalue weighted by Crippen LogP contribution is -2.46. The van der Waals surface area contributed by atoms with Crippen molar-refractivity contribution in [2.45, 2.75) is 45.2 Å². The maximum absolute atomic E-state index is 11.9. The van der Waals surface area contributed by atoms with Crippen molar-refractivity contribution in [1.82, 2.24) is 15.5 Å². The van der Waals surface area contributed by atoms with Crippen molar-refractivity contribution in [2.75, 3.05) is 39.4 Å². The van der Waals surface area contributed by atoms with Gasteiger partial charge in [0, 0.05) is 38.1 Å². The van der Waals surface area contributed by atoms with E-state index in [1.54, 1.807) is 0 Å². The fraction of sp³-hybridized carbons (Fsp3) is 0.933. The third kappa shape index (κ3) is 7.47. The van der Waals surface area contributed by atoms with Crippen molar-refractivity contribution in [3.05, 3.63) is 0 Å². The van der Waals surface area contributed by atoms with Gasteiger partial charge in [-0.05, 0) is 39.2 Å². The monoisotopic (exact) mass is 355 g/mol. The average Bonchev–Trinajstić information content (AvgIpc) is 2.46. The average molecular weight is 356 g/mol. The predicted octanol–water partition coefficient (Wildman–Crippen LogP) is 1.45. The van der Waals surface area contributed by atoms with Gasteiger partial charge in [0.2, 0.25) is 5.91 Å². The Labute approximate surface area is 146 Å². The van der Waals surface area contributed by atoms with Crippen LogP contribution in [0.25, 0.3) is 0 Å². The van der Waals surface area contributed by atoms with Crippen LogP contribution < -0.4 is 10.6 Å². The first-order valence-electron chi connectivity index (χ1n) is 7.97. The molecule has 0 bridgehead atoms. The van der Waals surface area contributed by atoms with E-state index in [9.17, 15) is 4.79 Å². The van der Waals surface area contributed by atoms with E-state index < -0.39 is 0 Å². The normalized spacial score (nSPS) is 26.0. The van der Waals surface area contributed by atoms with Crippen LogP contribution in [0.4, 0.5) is 0 Å². The van der Waals surface area contributed by atoms with Crippen molar-refractivity contribution in [3.8, 4) is 0 Å². The summed E-state index contributed by atoms with van der Waals surface area (Å²) in [5, 5.41) is 6.41. The van der Waals surface area contributed by atoms with Crippen LogP contribution >= 0.6 is 24.8 Å². The predicted molar refractivity (Wildman–Crippen MR) is 94.2 cm³/mol. The molecule has 2 saturated heterocycles. The van der Waals surface area contributed by atoms with Gasteiger partial charge < -0.3 is 20.3 Å². The van der Waals surface area contributed by atoms with Crippen LogP contribution in [0, 0.1) is 5.92 Å². The summed E-state index contributed by atoms with van der Waals surface area (Å²) < 4.78 is 5.37. The quantitative estimate of drug-likeness (QED) is 0.783. The van der Waals surface area contributed by atoms with Crippen molar-refractivity contribution in [2.24, 2.45) is 5.92 Å². The van der Waals surface area contributed by atoms with E-state index in [2.05, 4.69) is 29.4 Å². The van der Waals surface area contributed by atoms with Gasteiger partial charge in [0.15, 0.2) is 0 Å². The second kappa shape index (κ2) is 11.5. The molecular weight excluding hydrogens is 325 g/mol. The van der Waals surface area contributed by atoms with Gasteiger partial charge in [0.05, 0.1) is 13.2 Å². The van der Waals surface area contributed by atoms with Crippen molar-refractivity contribution in [1.29, 1.82) is 0 Å². The Hall–Kier alpha value is -0.0700. The van der Waals surface area contributed by atoms with Gasteiger partial charge in [0.25, 0.3) is 0 Å². The highest BCUT2D eigenvalue weighted by Crippen LogP contribution is 2.17. The number of amides is 1. The molecule has 2 atom stereocenters. The third-order valence-electron chi connectivity index (χ3n) is 4.30. The zero-order valence-corrected chi connectivity index (χ0v) is 15.3. The molecule has 0 radical (unpaired) electrons. The zero-order valence-electron chi connectivity index (χ0n) is 13.7. The number of halogens is 2. The molecule has 0 aromatic rings. The van der Waals surface area contributed by atoms with Gasteiger partial charge >= 0.3 is 0 Å². The number of hydrogen-bond donors (Lipinski definition) is 2. The zero-order chi connectivity index (χ0) is 14.4. The molecule has 0 saturated carbocycles. The fourth-order valence-corrected chi connectivity index (χ4v) is 3.04. The maximum Gasteiger partial charge on any atom is 0.221 e. The minimum Gasteiger partial charge on any atom is -0.378 e. The van der Waals surface area contributed by atoms with E-state index in [-0.39, 0.29) is 36.8 Å². The van der Waals surface area contributed by atoms with Gasteiger partial charge in [-0.25, -0.2) is 0 Å². The topological polar surface area (TPSA) is 53.6 Å². The molecule has 2 aliphatic heterocycles. The lowest BCUT2D eigenvalue weighted by Gasteiger charge is -2.35. The number of likely N-dealkylation sites (tertiary alicyclic amines) is 1. The highest BCUT2D eigenvalue weighted by Gasteiger charge is 2.22. The summed E-state index contributed by atoms with van der Waals surface area (Å²) in [4.78, 5) is 14.5. The number of carbonyl (C=O) groups is 1. The summed E-state index contributed by atoms with van der Waals surface area (Å²) in [6.45, 7) is 9.88. The summed E-state index contributed by atoms with van der Waals surface area (Å²) in [5.41, 5.74) is 0. The van der Waals surface area contributed by atoms with Crippen LogP contribution in [0.5, 0.6) is 0 Å². The number of piperidine rings is 1. The van der Waals surface area contributed by atoms with E-state index >= 15 is 0 Å². The van der Waals surface area contributed by atoms with E-state index in [0.29, 0.717) is 25.0 Å². The van der Waals surface area contributed by atoms with E-state index in [1.165, 1.54) is 19.4 Å². The molecule has 2 heterocycles. The lowest BCUT2D eigenvalue weighted by atomic mass is 9.97. The molecular formula is C15H31Cl2N3O2. The Morgan fingerprint density at radius 2 is 2.18 bits per heavy atom. The van der Waals surface area contributed by atoms with Crippen molar-refractivity contribution in [3.63, 3.8) is 0 Å². The molecule has 2 N–H and O–H groups in total. The molecule has 2 fully saturated rings. The fourth-order valence-electron chi connectivity index (χ4n) is 3.04. The molecule has 7 heteroatoms. The molecule has 0 aliphatic carbocycles. The Kier molecular flexibility index (Phi) is 11.4. The number of morpholine rings is 1. The highest BCUT2D eigenvalue weighted by molar-refractivity contribution is 5.85. The SMILES string of the molecule is CC(C)N1CCCC(CNC(=O)CC2COCCN2)C1.Cl.Cl. The standard InChI is InChI=1S/C15H29N3O2.2ClH/c1-12(2)18-6-3-4-13(10-18)9-17-15(19)8-14-11-20-7-5-16-14;;/h12-14,16H,3-11H2,1-2H3,(H,17,19);2*1H. The van der Waals surface area contributed by atoms with Crippen LogP contribution in [-0.4, -0.2) is 62.3 Å². The molecule has 2 unspecified atom stereocenters. The Balaban J connectivity index is 0.00000220. The summed E-state index contributed by atoms with van der Waals surface area (Å²) in [6, 6.07) is 0.791. The molecule has 2 rings (SSSR count). The Morgan fingerprint density at radius 3 is 2.82 bits per heavy atom. The smallest absolute Gasteiger partial charge is 0.221 e. The van der Waals surface area contributed by atoms with Crippen LogP contribution in [0.2, 0.25) is 0 Å². The Bertz CT molecular complexity index is 313. The van der Waals surface area contributed by atoms with Crippen LogP contribution in [0.1, 0.15) is 33.1 Å². The van der Waals surface area contributed by atoms with E-state index in [0.717, 1.165) is 26.2 Å². The molecule has 0 aromatic heterocycles. The number of rotatable bonds is 5. The summed E-state index contributed by atoms with van der Waals surface area (Å²) >= 11 is 0. The summed E-state index contributed by atoms with van der Waals surface area (Å²) in [5.74, 6) is 0.750. The highest BCUT2D eigenvalue weighted by atomic mass is 35.5. The first-order chi connectivity index (χ1) is 9.65. The van der Waals surface area contributed by atoms with Gasteiger partial charge in [-0.15, -0.1) is 24.8 Å². The van der Waals surface area contributed by atoms with Gasteiger partial charge in [-0.2, -0.15) is 0 Å². The third-order valence-corrected chi connectivity index (χ3v) is 4.30. The van der Waals surface area contributed by atoms with Gasteiger partial charge in [-0.1, -0.05) is 0 Å². The second-order valence-electron chi connectivity index (χ2n) is 6.33. The Morgan fingerprint density at radius 1 is 1.41 bits per heavy atom. The molecule has 5 nitrogen and oxygen atoms in total. The van der Waals surface area contributed by atoms with Crippen molar-refractivity contribution >= 4 is 30.7 Å². The largest absolute Gasteiger partial charge is 0.378 e. The molecule has 2 aliphatic rings. The minimum atomic E-state index is 0. The van der Waals surface area contributed by atoms with Crippen molar-refractivity contribution < 1.29 is 9.53 Å². The number of nitrogens with one attached hydrogen (secondary N) is 2. The van der Waals surface area contributed by atoms with Gasteiger partial charge in [-0.3, -0.25) is 4.79 Å². The minimum absolute atomic E-state index is 0. The molecule has 132 valence electrons. The molecule has 22 heavy (non-hydrogen) atoms. The molecule has 0 spiro atoms. The molecule has 1 amide bonds. The van der Waals surface area contributed by atoms with E-state index in [1.807, 2.05) is 0 Å². The molecule has 0 aromatic carbocycles. The maximum atomic E-state index is 11.9.